The van der Waals surface area contributed by atoms with Crippen LogP contribution in [0.2, 0.25) is 0 Å². The highest BCUT2D eigenvalue weighted by molar-refractivity contribution is 5.77. The van der Waals surface area contributed by atoms with Gasteiger partial charge >= 0.3 is 5.97 Å². The number of ether oxygens (including phenoxy) is 1. The van der Waals surface area contributed by atoms with Crippen LogP contribution in [-0.2, 0) is 22.4 Å². The summed E-state index contributed by atoms with van der Waals surface area (Å²) < 4.78 is 4.77. The molecule has 0 aliphatic carbocycles. The van der Waals surface area contributed by atoms with Crippen molar-refractivity contribution >= 4 is 5.97 Å². The van der Waals surface area contributed by atoms with Crippen LogP contribution in [0.1, 0.15) is 11.1 Å². The van der Waals surface area contributed by atoms with Gasteiger partial charge in [-0.1, -0.05) is 60.7 Å². The fourth-order valence-corrected chi connectivity index (χ4v) is 2.85. The van der Waals surface area contributed by atoms with E-state index in [1.54, 1.807) is 0 Å². The fourth-order valence-electron chi connectivity index (χ4n) is 2.85. The van der Waals surface area contributed by atoms with E-state index in [9.17, 15) is 15.3 Å². The van der Waals surface area contributed by atoms with Gasteiger partial charge in [0.05, 0.1) is 24.7 Å². The third-order valence-electron chi connectivity index (χ3n) is 4.07. The lowest BCUT2D eigenvalue weighted by molar-refractivity contribution is -0.146. The smallest absolute Gasteiger partial charge is 0.324 e. The molecule has 0 aliphatic heterocycles. The van der Waals surface area contributed by atoms with Crippen molar-refractivity contribution in [2.24, 2.45) is 11.3 Å². The molecule has 1 atom stereocenters. The standard InChI is InChI=1S/C20H18N2O2/c1-24-19(23)18(14-21)20(15-22,12-16-8-4-2-5-9-16)13-17-10-6-3-7-11-17/h2-11,18H,12-13H2,1H3. The van der Waals surface area contributed by atoms with Gasteiger partial charge in [-0.25, -0.2) is 0 Å². The molecule has 120 valence electrons. The lowest BCUT2D eigenvalue weighted by Gasteiger charge is -2.29. The highest BCUT2D eigenvalue weighted by atomic mass is 16.5. The number of esters is 1. The van der Waals surface area contributed by atoms with Crippen molar-refractivity contribution in [2.45, 2.75) is 12.8 Å². The van der Waals surface area contributed by atoms with Crippen LogP contribution in [-0.4, -0.2) is 13.1 Å². The van der Waals surface area contributed by atoms with Crippen molar-refractivity contribution < 1.29 is 9.53 Å². The predicted octanol–water partition coefficient (Wildman–Crippen LogP) is 3.29. The Balaban J connectivity index is 2.47. The molecule has 2 aromatic rings. The van der Waals surface area contributed by atoms with Crippen molar-refractivity contribution in [1.82, 2.24) is 0 Å². The molecule has 0 radical (unpaired) electrons. The number of nitrogens with zero attached hydrogens (tertiary/aromatic N) is 2. The van der Waals surface area contributed by atoms with E-state index in [4.69, 9.17) is 4.74 Å². The summed E-state index contributed by atoms with van der Waals surface area (Å²) in [5.41, 5.74) is 0.614. The number of carbonyl (C=O) groups excluding carboxylic acids is 1. The molecule has 2 aromatic carbocycles. The van der Waals surface area contributed by atoms with Gasteiger partial charge in [0.1, 0.15) is 0 Å². The molecular weight excluding hydrogens is 300 g/mol. The molecule has 24 heavy (non-hydrogen) atoms. The van der Waals surface area contributed by atoms with E-state index in [1.807, 2.05) is 66.7 Å². The van der Waals surface area contributed by atoms with Crippen LogP contribution in [0.25, 0.3) is 0 Å². The summed E-state index contributed by atoms with van der Waals surface area (Å²) in [6, 6.07) is 23.1. The Morgan fingerprint density at radius 3 is 1.79 bits per heavy atom. The minimum Gasteiger partial charge on any atom is -0.468 e. The van der Waals surface area contributed by atoms with Gasteiger partial charge in [0, 0.05) is 0 Å². The second-order valence-electron chi connectivity index (χ2n) is 5.68. The zero-order valence-corrected chi connectivity index (χ0v) is 13.5. The first-order valence-electron chi connectivity index (χ1n) is 7.62. The molecule has 0 spiro atoms. The van der Waals surface area contributed by atoms with Gasteiger partial charge in [0.25, 0.3) is 0 Å². The quantitative estimate of drug-likeness (QED) is 0.766. The Kier molecular flexibility index (Phi) is 5.71. The second-order valence-corrected chi connectivity index (χ2v) is 5.68. The molecule has 0 amide bonds. The zero-order chi connectivity index (χ0) is 17.4. The topological polar surface area (TPSA) is 73.9 Å². The van der Waals surface area contributed by atoms with Crippen molar-refractivity contribution in [3.63, 3.8) is 0 Å². The van der Waals surface area contributed by atoms with E-state index >= 15 is 0 Å². The maximum atomic E-state index is 12.1. The summed E-state index contributed by atoms with van der Waals surface area (Å²) in [6.07, 6.45) is 0.596. The zero-order valence-electron chi connectivity index (χ0n) is 13.5. The number of rotatable bonds is 6. The van der Waals surface area contributed by atoms with E-state index in [-0.39, 0.29) is 0 Å². The van der Waals surface area contributed by atoms with Crippen LogP contribution in [0, 0.1) is 34.0 Å². The third-order valence-corrected chi connectivity index (χ3v) is 4.07. The minimum atomic E-state index is -1.19. The number of methoxy groups -OCH3 is 1. The largest absolute Gasteiger partial charge is 0.468 e. The Morgan fingerprint density at radius 1 is 1.00 bits per heavy atom. The molecule has 0 saturated heterocycles. The summed E-state index contributed by atoms with van der Waals surface area (Å²) in [5, 5.41) is 19.5. The van der Waals surface area contributed by atoms with E-state index in [0.29, 0.717) is 12.8 Å². The first kappa shape index (κ1) is 17.2. The van der Waals surface area contributed by atoms with Crippen molar-refractivity contribution in [2.75, 3.05) is 7.11 Å². The summed E-state index contributed by atoms with van der Waals surface area (Å²) in [6.45, 7) is 0. The Bertz CT molecular complexity index is 716. The fraction of sp³-hybridized carbons (Fsp3) is 0.250. The predicted molar refractivity (Wildman–Crippen MR) is 89.5 cm³/mol. The van der Waals surface area contributed by atoms with E-state index < -0.39 is 17.3 Å². The lowest BCUT2D eigenvalue weighted by atomic mass is 9.69. The van der Waals surface area contributed by atoms with Crippen molar-refractivity contribution in [3.05, 3.63) is 71.8 Å². The molecule has 2 rings (SSSR count). The van der Waals surface area contributed by atoms with Gasteiger partial charge < -0.3 is 4.74 Å². The second kappa shape index (κ2) is 7.94. The molecule has 4 nitrogen and oxygen atoms in total. The first-order chi connectivity index (χ1) is 11.6. The molecule has 0 aliphatic rings. The van der Waals surface area contributed by atoms with Gasteiger partial charge in [-0.15, -0.1) is 0 Å². The first-order valence-corrected chi connectivity index (χ1v) is 7.62. The van der Waals surface area contributed by atoms with Crippen LogP contribution in [0.4, 0.5) is 0 Å². The van der Waals surface area contributed by atoms with Crippen LogP contribution >= 0.6 is 0 Å². The summed E-state index contributed by atoms with van der Waals surface area (Å²) in [7, 11) is 1.24. The number of carbonyl (C=O) groups is 1. The number of hydrogen-bond acceptors (Lipinski definition) is 4. The van der Waals surface area contributed by atoms with Gasteiger partial charge in [-0.3, -0.25) is 4.79 Å². The molecule has 0 aromatic heterocycles. The Labute approximate surface area is 141 Å². The molecular formula is C20H18N2O2. The van der Waals surface area contributed by atoms with Crippen molar-refractivity contribution in [1.29, 1.82) is 10.5 Å². The summed E-state index contributed by atoms with van der Waals surface area (Å²) in [4.78, 5) is 12.1. The van der Waals surface area contributed by atoms with Gasteiger partial charge in [-0.2, -0.15) is 10.5 Å². The van der Waals surface area contributed by atoms with E-state index in [1.165, 1.54) is 7.11 Å². The number of hydrogen-bond donors (Lipinski definition) is 0. The number of benzene rings is 2. The third kappa shape index (κ3) is 3.80. The average molecular weight is 318 g/mol. The Hall–Kier alpha value is -3.11. The summed E-state index contributed by atoms with van der Waals surface area (Å²) >= 11 is 0. The maximum Gasteiger partial charge on any atom is 0.324 e. The van der Waals surface area contributed by atoms with Crippen LogP contribution in [0.5, 0.6) is 0 Å². The monoisotopic (exact) mass is 318 g/mol. The normalized spacial score (nSPS) is 11.8. The van der Waals surface area contributed by atoms with Gasteiger partial charge in [0.15, 0.2) is 5.92 Å². The molecule has 0 heterocycles. The molecule has 1 unspecified atom stereocenters. The summed E-state index contributed by atoms with van der Waals surface area (Å²) in [5.74, 6) is -1.83. The molecule has 0 N–H and O–H groups in total. The molecule has 4 heteroatoms. The Morgan fingerprint density at radius 2 is 1.46 bits per heavy atom. The molecule has 0 bridgehead atoms. The van der Waals surface area contributed by atoms with Crippen LogP contribution < -0.4 is 0 Å². The minimum absolute atomic E-state index is 0.298. The van der Waals surface area contributed by atoms with Crippen LogP contribution in [0.3, 0.4) is 0 Å². The maximum absolute atomic E-state index is 12.1. The van der Waals surface area contributed by atoms with Gasteiger partial charge in [0.2, 0.25) is 0 Å². The average Bonchev–Trinajstić information content (AvgIpc) is 2.63. The SMILES string of the molecule is COC(=O)C(C#N)C(C#N)(Cc1ccccc1)Cc1ccccc1. The van der Waals surface area contributed by atoms with E-state index in [0.717, 1.165) is 11.1 Å². The van der Waals surface area contributed by atoms with E-state index in [2.05, 4.69) is 6.07 Å². The molecule has 0 saturated carbocycles. The lowest BCUT2D eigenvalue weighted by Crippen LogP contribution is -2.38. The highest BCUT2D eigenvalue weighted by Gasteiger charge is 2.45. The highest BCUT2D eigenvalue weighted by Crippen LogP contribution is 2.36. The van der Waals surface area contributed by atoms with Gasteiger partial charge in [-0.05, 0) is 24.0 Å². The van der Waals surface area contributed by atoms with Crippen molar-refractivity contribution in [3.8, 4) is 12.1 Å². The van der Waals surface area contributed by atoms with Crippen LogP contribution in [0.15, 0.2) is 60.7 Å². The molecule has 0 fully saturated rings. The number of nitriles is 2.